The second kappa shape index (κ2) is 8.13. The Morgan fingerprint density at radius 1 is 1.19 bits per heavy atom. The minimum absolute atomic E-state index is 0.000346. The first-order chi connectivity index (χ1) is 12.5. The lowest BCUT2D eigenvalue weighted by Crippen LogP contribution is -2.35. The first-order valence-corrected chi connectivity index (χ1v) is 8.91. The van der Waals surface area contributed by atoms with Crippen LogP contribution in [-0.4, -0.2) is 29.8 Å². The van der Waals surface area contributed by atoms with E-state index in [4.69, 9.17) is 0 Å². The van der Waals surface area contributed by atoms with Crippen LogP contribution in [0, 0.1) is 11.7 Å². The van der Waals surface area contributed by atoms with E-state index in [2.05, 4.69) is 5.32 Å². The minimum atomic E-state index is -0.433. The predicted molar refractivity (Wildman–Crippen MR) is 97.8 cm³/mol. The summed E-state index contributed by atoms with van der Waals surface area (Å²) < 4.78 is 13.8. The molecule has 26 heavy (non-hydrogen) atoms. The molecule has 0 unspecified atom stereocenters. The number of carbonyl (C=O) groups is 2. The van der Waals surface area contributed by atoms with Crippen molar-refractivity contribution in [2.24, 2.45) is 5.92 Å². The van der Waals surface area contributed by atoms with E-state index in [-0.39, 0.29) is 30.0 Å². The number of benzene rings is 2. The van der Waals surface area contributed by atoms with Gasteiger partial charge in [0.15, 0.2) is 0 Å². The van der Waals surface area contributed by atoms with Crippen molar-refractivity contribution in [1.29, 1.82) is 0 Å². The van der Waals surface area contributed by atoms with Crippen LogP contribution >= 0.6 is 0 Å². The van der Waals surface area contributed by atoms with Crippen LogP contribution in [0.15, 0.2) is 54.6 Å². The second-order valence-corrected chi connectivity index (χ2v) is 6.73. The highest BCUT2D eigenvalue weighted by atomic mass is 19.1. The predicted octanol–water partition coefficient (Wildman–Crippen LogP) is 3.09. The highest BCUT2D eigenvalue weighted by molar-refractivity contribution is 5.89. The molecule has 136 valence electrons. The van der Waals surface area contributed by atoms with E-state index in [1.807, 2.05) is 30.3 Å². The smallest absolute Gasteiger partial charge is 0.225 e. The van der Waals surface area contributed by atoms with E-state index in [9.17, 15) is 14.0 Å². The lowest BCUT2D eigenvalue weighted by Gasteiger charge is -2.19. The maximum atomic E-state index is 13.8. The van der Waals surface area contributed by atoms with E-state index >= 15 is 0 Å². The number of hydrogen-bond acceptors (Lipinski definition) is 2. The number of nitrogens with one attached hydrogen (secondary N) is 1. The molecule has 4 nitrogen and oxygen atoms in total. The fraction of sp³-hybridized carbons (Fsp3) is 0.333. The Labute approximate surface area is 153 Å². The average molecular weight is 354 g/mol. The zero-order valence-corrected chi connectivity index (χ0v) is 14.8. The SMILES string of the molecule is C[C@@H](NC(=O)[C@H]1CC(=O)N(CCc2ccccc2)C1)c1ccccc1F. The average Bonchev–Trinajstić information content (AvgIpc) is 3.02. The number of amides is 2. The zero-order valence-electron chi connectivity index (χ0n) is 14.8. The van der Waals surface area contributed by atoms with E-state index in [0.717, 1.165) is 6.42 Å². The maximum Gasteiger partial charge on any atom is 0.225 e. The molecule has 0 aliphatic carbocycles. The number of carbonyl (C=O) groups excluding carboxylic acids is 2. The molecule has 0 bridgehead atoms. The largest absolute Gasteiger partial charge is 0.349 e. The van der Waals surface area contributed by atoms with Gasteiger partial charge in [0.2, 0.25) is 11.8 Å². The van der Waals surface area contributed by atoms with Crippen molar-refractivity contribution in [3.63, 3.8) is 0 Å². The molecular formula is C21H23FN2O2. The summed E-state index contributed by atoms with van der Waals surface area (Å²) in [6, 6.07) is 15.9. The van der Waals surface area contributed by atoms with Gasteiger partial charge >= 0.3 is 0 Å². The lowest BCUT2D eigenvalue weighted by molar-refractivity contribution is -0.129. The summed E-state index contributed by atoms with van der Waals surface area (Å²) >= 11 is 0. The van der Waals surface area contributed by atoms with E-state index in [1.165, 1.54) is 11.6 Å². The Morgan fingerprint density at radius 3 is 2.62 bits per heavy atom. The summed E-state index contributed by atoms with van der Waals surface area (Å²) in [6.07, 6.45) is 0.983. The summed E-state index contributed by atoms with van der Waals surface area (Å²) in [5, 5.41) is 2.84. The number of rotatable bonds is 6. The molecule has 1 aliphatic rings. The summed E-state index contributed by atoms with van der Waals surface area (Å²) in [7, 11) is 0. The molecule has 2 amide bonds. The van der Waals surface area contributed by atoms with Crippen molar-refractivity contribution in [3.8, 4) is 0 Å². The van der Waals surface area contributed by atoms with Gasteiger partial charge in [0.1, 0.15) is 5.82 Å². The molecule has 3 rings (SSSR count). The van der Waals surface area contributed by atoms with Crippen molar-refractivity contribution < 1.29 is 14.0 Å². The van der Waals surface area contributed by atoms with Gasteiger partial charge in [-0.05, 0) is 25.0 Å². The highest BCUT2D eigenvalue weighted by Gasteiger charge is 2.34. The van der Waals surface area contributed by atoms with Crippen LogP contribution in [0.25, 0.3) is 0 Å². The van der Waals surface area contributed by atoms with Gasteiger partial charge in [0.25, 0.3) is 0 Å². The fourth-order valence-corrected chi connectivity index (χ4v) is 3.31. The number of likely N-dealkylation sites (tertiary alicyclic amines) is 1. The van der Waals surface area contributed by atoms with Crippen molar-refractivity contribution in [3.05, 3.63) is 71.5 Å². The quantitative estimate of drug-likeness (QED) is 0.867. The molecule has 1 heterocycles. The van der Waals surface area contributed by atoms with Crippen LogP contribution in [0.5, 0.6) is 0 Å². The molecule has 2 aromatic carbocycles. The topological polar surface area (TPSA) is 49.4 Å². The van der Waals surface area contributed by atoms with Crippen LogP contribution in [0.2, 0.25) is 0 Å². The van der Waals surface area contributed by atoms with Crippen molar-refractivity contribution in [1.82, 2.24) is 10.2 Å². The van der Waals surface area contributed by atoms with Crippen molar-refractivity contribution in [2.45, 2.75) is 25.8 Å². The van der Waals surface area contributed by atoms with Crippen LogP contribution in [0.4, 0.5) is 4.39 Å². The fourth-order valence-electron chi connectivity index (χ4n) is 3.31. The van der Waals surface area contributed by atoms with Crippen molar-refractivity contribution >= 4 is 11.8 Å². The third-order valence-electron chi connectivity index (χ3n) is 4.83. The van der Waals surface area contributed by atoms with Gasteiger partial charge in [0, 0.05) is 25.1 Å². The molecule has 0 spiro atoms. The third kappa shape index (κ3) is 4.28. The van der Waals surface area contributed by atoms with Gasteiger partial charge in [-0.3, -0.25) is 9.59 Å². The Morgan fingerprint density at radius 2 is 1.88 bits per heavy atom. The summed E-state index contributed by atoms with van der Waals surface area (Å²) in [4.78, 5) is 26.4. The standard InChI is InChI=1S/C21H23FN2O2/c1-15(18-9-5-6-10-19(18)22)23-21(26)17-13-20(25)24(14-17)12-11-16-7-3-2-4-8-16/h2-10,15,17H,11-14H2,1H3,(H,23,26)/t15-,17+/m1/s1. The van der Waals surface area contributed by atoms with Crippen LogP contribution in [0.1, 0.15) is 30.5 Å². The summed E-state index contributed by atoms with van der Waals surface area (Å²) in [6.45, 7) is 2.78. The van der Waals surface area contributed by atoms with Crippen LogP contribution in [-0.2, 0) is 16.0 Å². The molecule has 5 heteroatoms. The van der Waals surface area contributed by atoms with E-state index in [0.29, 0.717) is 18.7 Å². The van der Waals surface area contributed by atoms with Crippen molar-refractivity contribution in [2.75, 3.05) is 13.1 Å². The Kier molecular flexibility index (Phi) is 5.66. The number of halogens is 1. The number of nitrogens with zero attached hydrogens (tertiary/aromatic N) is 1. The van der Waals surface area contributed by atoms with Gasteiger partial charge in [-0.15, -0.1) is 0 Å². The highest BCUT2D eigenvalue weighted by Crippen LogP contribution is 2.21. The third-order valence-corrected chi connectivity index (χ3v) is 4.83. The van der Waals surface area contributed by atoms with Gasteiger partial charge in [-0.25, -0.2) is 4.39 Å². The lowest BCUT2D eigenvalue weighted by atomic mass is 10.0. The Bertz CT molecular complexity index is 779. The van der Waals surface area contributed by atoms with Gasteiger partial charge < -0.3 is 10.2 Å². The molecular weight excluding hydrogens is 331 g/mol. The normalized spacial score (nSPS) is 18.0. The molecule has 1 saturated heterocycles. The van der Waals surface area contributed by atoms with Gasteiger partial charge in [-0.2, -0.15) is 0 Å². The first kappa shape index (κ1) is 18.1. The monoisotopic (exact) mass is 354 g/mol. The van der Waals surface area contributed by atoms with E-state index in [1.54, 1.807) is 30.0 Å². The Balaban J connectivity index is 1.54. The first-order valence-electron chi connectivity index (χ1n) is 8.91. The Hall–Kier alpha value is -2.69. The molecule has 0 saturated carbocycles. The molecule has 0 aromatic heterocycles. The second-order valence-electron chi connectivity index (χ2n) is 6.73. The van der Waals surface area contributed by atoms with Gasteiger partial charge in [-0.1, -0.05) is 48.5 Å². The molecule has 0 radical (unpaired) electrons. The summed E-state index contributed by atoms with van der Waals surface area (Å²) in [5.41, 5.74) is 1.62. The molecule has 2 atom stereocenters. The van der Waals surface area contributed by atoms with Crippen LogP contribution < -0.4 is 5.32 Å². The minimum Gasteiger partial charge on any atom is -0.349 e. The zero-order chi connectivity index (χ0) is 18.5. The molecule has 1 N–H and O–H groups in total. The number of hydrogen-bond donors (Lipinski definition) is 1. The maximum absolute atomic E-state index is 13.8. The van der Waals surface area contributed by atoms with Crippen LogP contribution in [0.3, 0.4) is 0 Å². The van der Waals surface area contributed by atoms with Gasteiger partial charge in [0.05, 0.1) is 12.0 Å². The van der Waals surface area contributed by atoms with E-state index < -0.39 is 6.04 Å². The molecule has 1 fully saturated rings. The summed E-state index contributed by atoms with van der Waals surface area (Å²) in [5.74, 6) is -0.921. The molecule has 1 aliphatic heterocycles. The molecule has 2 aromatic rings.